The molecule has 0 aromatic carbocycles. The highest BCUT2D eigenvalue weighted by Gasteiger charge is 2.28. The summed E-state index contributed by atoms with van der Waals surface area (Å²) in [6, 6.07) is 0.748. The topological polar surface area (TPSA) is 3.01 Å². The molecule has 0 aromatic rings. The van der Waals surface area contributed by atoms with Gasteiger partial charge in [0.15, 0.2) is 0 Å². The van der Waals surface area contributed by atoms with Gasteiger partial charge in [-0.1, -0.05) is 18.7 Å². The minimum atomic E-state index is 0.748. The maximum Gasteiger partial charge on any atom is 0.0434 e. The zero-order chi connectivity index (χ0) is 7.56. The molecule has 10 heavy (non-hydrogen) atoms. The van der Waals surface area contributed by atoms with E-state index in [1.807, 2.05) is 6.92 Å². The third-order valence-electron chi connectivity index (χ3n) is 1.85. The van der Waals surface area contributed by atoms with Crippen molar-refractivity contribution in [2.45, 2.75) is 26.3 Å². The molecule has 1 aliphatic heterocycles. The number of allylic oxidation sites excluding steroid dienone is 2. The summed E-state index contributed by atoms with van der Waals surface area (Å²) < 4.78 is 0. The Morgan fingerprint density at radius 3 is 2.80 bits per heavy atom. The lowest BCUT2D eigenvalue weighted by Gasteiger charge is -2.03. The first kappa shape index (κ1) is 7.39. The van der Waals surface area contributed by atoms with E-state index in [1.54, 1.807) is 0 Å². The summed E-state index contributed by atoms with van der Waals surface area (Å²) in [5.41, 5.74) is 1.26. The summed E-state index contributed by atoms with van der Waals surface area (Å²) in [6.07, 6.45) is 5.23. The SMILES string of the molecule is C=C(C/C=C\C)N1CC1C. The average Bonchev–Trinajstić information content (AvgIpc) is 2.62. The third-order valence-corrected chi connectivity index (χ3v) is 1.85. The predicted molar refractivity (Wildman–Crippen MR) is 44.7 cm³/mol. The van der Waals surface area contributed by atoms with Crippen LogP contribution in [0.3, 0.4) is 0 Å². The van der Waals surface area contributed by atoms with Gasteiger partial charge < -0.3 is 4.90 Å². The Morgan fingerprint density at radius 1 is 1.80 bits per heavy atom. The van der Waals surface area contributed by atoms with Crippen LogP contribution in [0.25, 0.3) is 0 Å². The van der Waals surface area contributed by atoms with Crippen molar-refractivity contribution in [3.63, 3.8) is 0 Å². The van der Waals surface area contributed by atoms with E-state index in [-0.39, 0.29) is 0 Å². The molecule has 1 atom stereocenters. The minimum Gasteiger partial charge on any atom is -0.369 e. The van der Waals surface area contributed by atoms with Crippen LogP contribution >= 0.6 is 0 Å². The van der Waals surface area contributed by atoms with Gasteiger partial charge in [0.05, 0.1) is 0 Å². The molecule has 1 unspecified atom stereocenters. The van der Waals surface area contributed by atoms with E-state index >= 15 is 0 Å². The first-order valence-electron chi connectivity index (χ1n) is 3.81. The summed E-state index contributed by atoms with van der Waals surface area (Å²) in [6.45, 7) is 9.45. The molecule has 56 valence electrons. The van der Waals surface area contributed by atoms with Crippen molar-refractivity contribution in [2.24, 2.45) is 0 Å². The van der Waals surface area contributed by atoms with Gasteiger partial charge in [-0.05, 0) is 13.8 Å². The third kappa shape index (κ3) is 1.63. The van der Waals surface area contributed by atoms with E-state index < -0.39 is 0 Å². The molecular formula is C9H15N. The number of rotatable bonds is 3. The van der Waals surface area contributed by atoms with Crippen LogP contribution < -0.4 is 0 Å². The number of hydrogen-bond acceptors (Lipinski definition) is 1. The zero-order valence-corrected chi connectivity index (χ0v) is 6.80. The fraction of sp³-hybridized carbons (Fsp3) is 0.556. The van der Waals surface area contributed by atoms with Crippen LogP contribution in [-0.2, 0) is 0 Å². The van der Waals surface area contributed by atoms with Crippen LogP contribution in [0.4, 0.5) is 0 Å². The normalized spacial score (nSPS) is 23.8. The molecule has 1 aliphatic rings. The summed E-state index contributed by atoms with van der Waals surface area (Å²) in [7, 11) is 0. The van der Waals surface area contributed by atoms with Gasteiger partial charge in [0.25, 0.3) is 0 Å². The van der Waals surface area contributed by atoms with E-state index in [0.29, 0.717) is 0 Å². The molecule has 0 aliphatic carbocycles. The Morgan fingerprint density at radius 2 is 2.40 bits per heavy atom. The van der Waals surface area contributed by atoms with Crippen molar-refractivity contribution in [3.05, 3.63) is 24.4 Å². The molecule has 1 heteroatoms. The number of nitrogens with zero attached hydrogens (tertiary/aromatic N) is 1. The van der Waals surface area contributed by atoms with E-state index in [2.05, 4.69) is 30.6 Å². The monoisotopic (exact) mass is 137 g/mol. The van der Waals surface area contributed by atoms with Gasteiger partial charge >= 0.3 is 0 Å². The molecule has 1 nitrogen and oxygen atoms in total. The summed E-state index contributed by atoms with van der Waals surface area (Å²) in [5, 5.41) is 0. The van der Waals surface area contributed by atoms with Crippen molar-refractivity contribution in [1.82, 2.24) is 4.90 Å². The maximum absolute atomic E-state index is 3.98. The fourth-order valence-corrected chi connectivity index (χ4v) is 1.05. The zero-order valence-electron chi connectivity index (χ0n) is 6.80. The van der Waals surface area contributed by atoms with Gasteiger partial charge in [-0.3, -0.25) is 0 Å². The van der Waals surface area contributed by atoms with Gasteiger partial charge in [-0.15, -0.1) is 0 Å². The van der Waals surface area contributed by atoms with Crippen LogP contribution in [-0.4, -0.2) is 17.5 Å². The molecule has 0 bridgehead atoms. The molecule has 0 spiro atoms. The van der Waals surface area contributed by atoms with Crippen molar-refractivity contribution < 1.29 is 0 Å². The Kier molecular flexibility index (Phi) is 2.15. The second-order valence-electron chi connectivity index (χ2n) is 2.84. The largest absolute Gasteiger partial charge is 0.369 e. The van der Waals surface area contributed by atoms with Gasteiger partial charge in [-0.2, -0.15) is 0 Å². The second-order valence-corrected chi connectivity index (χ2v) is 2.84. The lowest BCUT2D eigenvalue weighted by molar-refractivity contribution is 0.627. The lowest BCUT2D eigenvalue weighted by Crippen LogP contribution is -1.96. The van der Waals surface area contributed by atoms with Crippen LogP contribution in [0.2, 0.25) is 0 Å². The predicted octanol–water partition coefficient (Wildman–Crippen LogP) is 2.17. The van der Waals surface area contributed by atoms with Gasteiger partial charge in [-0.25, -0.2) is 0 Å². The van der Waals surface area contributed by atoms with Crippen LogP contribution in [0.5, 0.6) is 0 Å². The lowest BCUT2D eigenvalue weighted by atomic mass is 10.3. The highest BCUT2D eigenvalue weighted by atomic mass is 15.3. The molecule has 0 N–H and O–H groups in total. The standard InChI is InChI=1S/C9H15N/c1-4-5-6-8(2)10-7-9(10)3/h4-5,9H,2,6-7H2,1,3H3/b5-4-. The van der Waals surface area contributed by atoms with E-state index in [1.165, 1.54) is 12.2 Å². The summed E-state index contributed by atoms with van der Waals surface area (Å²) >= 11 is 0. The number of hydrogen-bond donors (Lipinski definition) is 0. The first-order valence-corrected chi connectivity index (χ1v) is 3.81. The first-order chi connectivity index (χ1) is 4.75. The van der Waals surface area contributed by atoms with E-state index in [9.17, 15) is 0 Å². The Bertz CT molecular complexity index is 158. The van der Waals surface area contributed by atoms with Crippen molar-refractivity contribution in [2.75, 3.05) is 6.54 Å². The second kappa shape index (κ2) is 2.91. The molecular weight excluding hydrogens is 122 g/mol. The summed E-state index contributed by atoms with van der Waals surface area (Å²) in [5.74, 6) is 0. The van der Waals surface area contributed by atoms with E-state index in [0.717, 1.165) is 12.5 Å². The van der Waals surface area contributed by atoms with Crippen LogP contribution in [0, 0.1) is 0 Å². The van der Waals surface area contributed by atoms with E-state index in [4.69, 9.17) is 0 Å². The minimum absolute atomic E-state index is 0.748. The smallest absolute Gasteiger partial charge is 0.0434 e. The molecule has 0 saturated carbocycles. The van der Waals surface area contributed by atoms with Gasteiger partial charge in [0.1, 0.15) is 0 Å². The molecule has 1 saturated heterocycles. The van der Waals surface area contributed by atoms with Crippen molar-refractivity contribution in [1.29, 1.82) is 0 Å². The van der Waals surface area contributed by atoms with Crippen molar-refractivity contribution >= 4 is 0 Å². The maximum atomic E-state index is 3.98. The fourth-order valence-electron chi connectivity index (χ4n) is 1.05. The van der Waals surface area contributed by atoms with Gasteiger partial charge in [0, 0.05) is 24.7 Å². The van der Waals surface area contributed by atoms with Crippen LogP contribution in [0.1, 0.15) is 20.3 Å². The van der Waals surface area contributed by atoms with Gasteiger partial charge in [0.2, 0.25) is 0 Å². The molecule has 1 heterocycles. The molecule has 0 radical (unpaired) electrons. The highest BCUT2D eigenvalue weighted by molar-refractivity contribution is 5.09. The van der Waals surface area contributed by atoms with Crippen molar-refractivity contribution in [3.8, 4) is 0 Å². The Hall–Kier alpha value is -0.720. The summed E-state index contributed by atoms with van der Waals surface area (Å²) in [4.78, 5) is 2.32. The quantitative estimate of drug-likeness (QED) is 0.425. The molecule has 1 rings (SSSR count). The highest BCUT2D eigenvalue weighted by Crippen LogP contribution is 2.23. The molecule has 0 amide bonds. The Balaban J connectivity index is 2.23. The average molecular weight is 137 g/mol. The molecule has 0 aromatic heterocycles. The molecule has 1 fully saturated rings. The Labute approximate surface area is 63.0 Å². The van der Waals surface area contributed by atoms with Crippen LogP contribution in [0.15, 0.2) is 24.4 Å².